The van der Waals surface area contributed by atoms with Crippen LogP contribution in [0.2, 0.25) is 0 Å². The number of amides is 4. The third-order valence-corrected chi connectivity index (χ3v) is 2.78. The standard InChI is InChI=1S/C16H15N3O3/c20-12-11-17-15(21)19(14-9-5-2-6-10-14)16(22)18-13-7-3-1-4-8-13/h1-10,12H,11H2,(H,17,21)(H,18,22). The van der Waals surface area contributed by atoms with Crippen molar-refractivity contribution in [2.75, 3.05) is 16.8 Å². The number of benzene rings is 2. The van der Waals surface area contributed by atoms with Gasteiger partial charge in [-0.05, 0) is 24.3 Å². The number of nitrogens with one attached hydrogen (secondary N) is 2. The van der Waals surface area contributed by atoms with Crippen molar-refractivity contribution in [3.63, 3.8) is 0 Å². The lowest BCUT2D eigenvalue weighted by Gasteiger charge is -2.21. The summed E-state index contributed by atoms with van der Waals surface area (Å²) >= 11 is 0. The molecule has 6 nitrogen and oxygen atoms in total. The van der Waals surface area contributed by atoms with Gasteiger partial charge in [-0.2, -0.15) is 0 Å². The summed E-state index contributed by atoms with van der Waals surface area (Å²) in [6.07, 6.45) is 0.552. The van der Waals surface area contributed by atoms with E-state index in [1.165, 1.54) is 0 Å². The van der Waals surface area contributed by atoms with Gasteiger partial charge in [0.15, 0.2) is 0 Å². The molecule has 112 valence electrons. The quantitative estimate of drug-likeness (QED) is 0.851. The molecule has 0 saturated carbocycles. The van der Waals surface area contributed by atoms with Crippen LogP contribution in [-0.4, -0.2) is 24.9 Å². The number of imide groups is 1. The third kappa shape index (κ3) is 3.92. The van der Waals surface area contributed by atoms with E-state index >= 15 is 0 Å². The molecule has 22 heavy (non-hydrogen) atoms. The van der Waals surface area contributed by atoms with Gasteiger partial charge in [-0.3, -0.25) is 0 Å². The number of hydrogen-bond donors (Lipinski definition) is 2. The summed E-state index contributed by atoms with van der Waals surface area (Å²) in [5, 5.41) is 4.99. The van der Waals surface area contributed by atoms with Crippen LogP contribution in [0.1, 0.15) is 0 Å². The Kier molecular flexibility index (Phi) is 5.25. The second kappa shape index (κ2) is 7.58. The van der Waals surface area contributed by atoms with Gasteiger partial charge in [0.25, 0.3) is 0 Å². The molecule has 0 heterocycles. The Morgan fingerprint density at radius 2 is 1.50 bits per heavy atom. The largest absolute Gasteiger partial charge is 0.334 e. The number of anilines is 2. The smallest absolute Gasteiger partial charge is 0.330 e. The van der Waals surface area contributed by atoms with E-state index in [1.54, 1.807) is 54.6 Å². The number of aldehydes is 1. The normalized spacial score (nSPS) is 9.64. The maximum atomic E-state index is 12.4. The van der Waals surface area contributed by atoms with Crippen molar-refractivity contribution in [1.82, 2.24) is 5.32 Å². The van der Waals surface area contributed by atoms with Crippen molar-refractivity contribution in [3.8, 4) is 0 Å². The van der Waals surface area contributed by atoms with Crippen LogP contribution in [-0.2, 0) is 4.79 Å². The molecule has 2 rings (SSSR count). The Morgan fingerprint density at radius 3 is 2.09 bits per heavy atom. The van der Waals surface area contributed by atoms with Crippen LogP contribution >= 0.6 is 0 Å². The number of carbonyl (C=O) groups is 3. The number of carbonyl (C=O) groups excluding carboxylic acids is 3. The molecule has 0 aliphatic heterocycles. The van der Waals surface area contributed by atoms with Gasteiger partial charge in [0.05, 0.1) is 12.2 Å². The van der Waals surface area contributed by atoms with Crippen LogP contribution < -0.4 is 15.5 Å². The van der Waals surface area contributed by atoms with Gasteiger partial charge < -0.3 is 15.4 Å². The summed E-state index contributed by atoms with van der Waals surface area (Å²) < 4.78 is 0. The first-order valence-corrected chi connectivity index (χ1v) is 6.65. The molecule has 2 N–H and O–H groups in total. The molecule has 0 saturated heterocycles. The van der Waals surface area contributed by atoms with Crippen molar-refractivity contribution in [3.05, 3.63) is 60.7 Å². The fourth-order valence-electron chi connectivity index (χ4n) is 1.81. The maximum Gasteiger partial charge on any atom is 0.334 e. The predicted octanol–water partition coefficient (Wildman–Crippen LogP) is 2.63. The van der Waals surface area contributed by atoms with Crippen LogP contribution in [0.4, 0.5) is 21.0 Å². The Bertz CT molecular complexity index is 644. The number of nitrogens with zero attached hydrogens (tertiary/aromatic N) is 1. The van der Waals surface area contributed by atoms with Crippen molar-refractivity contribution < 1.29 is 14.4 Å². The summed E-state index contributed by atoms with van der Waals surface area (Å²) in [5.41, 5.74) is 0.968. The number of para-hydroxylation sites is 2. The molecule has 0 spiro atoms. The van der Waals surface area contributed by atoms with Gasteiger partial charge in [-0.1, -0.05) is 36.4 Å². The monoisotopic (exact) mass is 297 g/mol. The SMILES string of the molecule is O=CCNC(=O)N(C(=O)Nc1ccccc1)c1ccccc1. The summed E-state index contributed by atoms with van der Waals surface area (Å²) in [7, 11) is 0. The summed E-state index contributed by atoms with van der Waals surface area (Å²) in [6.45, 7) is -0.166. The van der Waals surface area contributed by atoms with Crippen molar-refractivity contribution in [2.45, 2.75) is 0 Å². The highest BCUT2D eigenvalue weighted by atomic mass is 16.2. The lowest BCUT2D eigenvalue weighted by molar-refractivity contribution is -0.107. The summed E-state index contributed by atoms with van der Waals surface area (Å²) in [5.74, 6) is 0. The molecule has 0 fully saturated rings. The van der Waals surface area contributed by atoms with Crippen LogP contribution in [0.5, 0.6) is 0 Å². The average Bonchev–Trinajstić information content (AvgIpc) is 2.55. The van der Waals surface area contributed by atoms with Crippen molar-refractivity contribution >= 4 is 29.7 Å². The van der Waals surface area contributed by atoms with E-state index in [0.29, 0.717) is 17.7 Å². The van der Waals surface area contributed by atoms with E-state index in [4.69, 9.17) is 0 Å². The van der Waals surface area contributed by atoms with Gasteiger partial charge in [0, 0.05) is 5.69 Å². The zero-order chi connectivity index (χ0) is 15.8. The van der Waals surface area contributed by atoms with Gasteiger partial charge in [0.1, 0.15) is 6.29 Å². The highest BCUT2D eigenvalue weighted by molar-refractivity contribution is 6.18. The second-order valence-electron chi connectivity index (χ2n) is 4.32. The maximum absolute atomic E-state index is 12.4. The van der Waals surface area contributed by atoms with E-state index < -0.39 is 12.1 Å². The molecule has 0 bridgehead atoms. The number of urea groups is 2. The first kappa shape index (κ1) is 15.2. The van der Waals surface area contributed by atoms with Gasteiger partial charge >= 0.3 is 12.1 Å². The van der Waals surface area contributed by atoms with E-state index in [0.717, 1.165) is 4.90 Å². The molecule has 2 aromatic carbocycles. The van der Waals surface area contributed by atoms with Crippen molar-refractivity contribution in [1.29, 1.82) is 0 Å². The number of hydrogen-bond acceptors (Lipinski definition) is 3. The highest BCUT2D eigenvalue weighted by Gasteiger charge is 2.23. The molecule has 0 aliphatic carbocycles. The fraction of sp³-hybridized carbons (Fsp3) is 0.0625. The van der Waals surface area contributed by atoms with Crippen LogP contribution in [0, 0.1) is 0 Å². The molecule has 6 heteroatoms. The van der Waals surface area contributed by atoms with Crippen LogP contribution in [0.3, 0.4) is 0 Å². The van der Waals surface area contributed by atoms with Crippen molar-refractivity contribution in [2.24, 2.45) is 0 Å². The molecule has 2 aromatic rings. The topological polar surface area (TPSA) is 78.5 Å². The van der Waals surface area contributed by atoms with E-state index in [1.807, 2.05) is 6.07 Å². The van der Waals surface area contributed by atoms with Crippen LogP contribution in [0.15, 0.2) is 60.7 Å². The second-order valence-corrected chi connectivity index (χ2v) is 4.32. The Labute approximate surface area is 127 Å². The molecule has 0 aliphatic rings. The highest BCUT2D eigenvalue weighted by Crippen LogP contribution is 2.16. The van der Waals surface area contributed by atoms with E-state index in [-0.39, 0.29) is 6.54 Å². The van der Waals surface area contributed by atoms with E-state index in [2.05, 4.69) is 10.6 Å². The minimum atomic E-state index is -0.674. The Balaban J connectivity index is 2.22. The number of rotatable bonds is 4. The first-order valence-electron chi connectivity index (χ1n) is 6.65. The van der Waals surface area contributed by atoms with E-state index in [9.17, 15) is 14.4 Å². The van der Waals surface area contributed by atoms with Gasteiger partial charge in [-0.25, -0.2) is 14.5 Å². The molecule has 0 aromatic heterocycles. The molecule has 4 amide bonds. The molecular weight excluding hydrogens is 282 g/mol. The minimum Gasteiger partial charge on any atom is -0.330 e. The van der Waals surface area contributed by atoms with Crippen LogP contribution in [0.25, 0.3) is 0 Å². The van der Waals surface area contributed by atoms with Gasteiger partial charge in [0.2, 0.25) is 0 Å². The molecule has 0 atom stereocenters. The van der Waals surface area contributed by atoms with Gasteiger partial charge in [-0.15, -0.1) is 0 Å². The zero-order valence-electron chi connectivity index (χ0n) is 11.7. The molecule has 0 unspecified atom stereocenters. The summed E-state index contributed by atoms with van der Waals surface area (Å²) in [6, 6.07) is 16.0. The first-order chi connectivity index (χ1) is 10.7. The predicted molar refractivity (Wildman–Crippen MR) is 83.8 cm³/mol. The lowest BCUT2D eigenvalue weighted by Crippen LogP contribution is -2.46. The zero-order valence-corrected chi connectivity index (χ0v) is 11.7. The minimum absolute atomic E-state index is 0.166. The Hall–Kier alpha value is -3.15. The average molecular weight is 297 g/mol. The fourth-order valence-corrected chi connectivity index (χ4v) is 1.81. The lowest BCUT2D eigenvalue weighted by atomic mass is 10.3. The third-order valence-electron chi connectivity index (χ3n) is 2.78. The summed E-state index contributed by atoms with van der Waals surface area (Å²) in [4.78, 5) is 35.8. The molecule has 0 radical (unpaired) electrons. The Morgan fingerprint density at radius 1 is 0.909 bits per heavy atom. The molecular formula is C16H15N3O3.